The van der Waals surface area contributed by atoms with Crippen LogP contribution in [0, 0.1) is 5.92 Å². The van der Waals surface area contributed by atoms with Crippen LogP contribution < -0.4 is 10.6 Å². The Morgan fingerprint density at radius 1 is 1.30 bits per heavy atom. The highest BCUT2D eigenvalue weighted by molar-refractivity contribution is 5.96. The average molecular weight is 274 g/mol. The molecule has 1 aromatic rings. The van der Waals surface area contributed by atoms with Crippen LogP contribution in [0.15, 0.2) is 24.3 Å². The topological polar surface area (TPSA) is 46.3 Å². The monoisotopic (exact) mass is 274 g/mol. The van der Waals surface area contributed by atoms with Crippen LogP contribution in [-0.4, -0.2) is 12.5 Å². The van der Waals surface area contributed by atoms with Gasteiger partial charge in [0.2, 0.25) is 5.91 Å². The van der Waals surface area contributed by atoms with Crippen LogP contribution in [0.3, 0.4) is 0 Å². The summed E-state index contributed by atoms with van der Waals surface area (Å²) >= 11 is 0. The molecular weight excluding hydrogens is 248 g/mol. The number of hydrogen-bond donors (Lipinski definition) is 1. The van der Waals surface area contributed by atoms with Crippen LogP contribution in [0.1, 0.15) is 57.6 Å². The molecule has 0 saturated heterocycles. The maximum absolute atomic E-state index is 12.8. The number of rotatable bonds is 5. The first kappa shape index (κ1) is 15.0. The molecule has 1 aromatic carbocycles. The molecule has 0 spiro atoms. The van der Waals surface area contributed by atoms with E-state index in [4.69, 9.17) is 5.73 Å². The normalized spacial score (nSPS) is 18.2. The molecule has 3 nitrogen and oxygen atoms in total. The van der Waals surface area contributed by atoms with Gasteiger partial charge in [0.05, 0.1) is 0 Å². The lowest BCUT2D eigenvalue weighted by molar-refractivity contribution is -0.123. The second-order valence-electron chi connectivity index (χ2n) is 5.72. The maximum Gasteiger partial charge on any atom is 0.230 e. The SMILES string of the molecule is CCCC(CCC)C(=O)N1CCC(N)c2ccccc21. The zero-order valence-corrected chi connectivity index (χ0v) is 12.6. The van der Waals surface area contributed by atoms with Crippen LogP contribution in [0.5, 0.6) is 0 Å². The molecule has 1 heterocycles. The molecule has 0 aromatic heterocycles. The van der Waals surface area contributed by atoms with Gasteiger partial charge in [-0.3, -0.25) is 4.79 Å². The van der Waals surface area contributed by atoms with Crippen LogP contribution in [-0.2, 0) is 4.79 Å². The molecule has 1 aliphatic rings. The van der Waals surface area contributed by atoms with Crippen molar-refractivity contribution in [1.29, 1.82) is 0 Å². The summed E-state index contributed by atoms with van der Waals surface area (Å²) < 4.78 is 0. The zero-order chi connectivity index (χ0) is 14.5. The minimum absolute atomic E-state index is 0.0612. The molecule has 2 rings (SSSR count). The van der Waals surface area contributed by atoms with Gasteiger partial charge >= 0.3 is 0 Å². The first-order chi connectivity index (χ1) is 9.69. The second kappa shape index (κ2) is 6.89. The number of para-hydroxylation sites is 1. The molecule has 20 heavy (non-hydrogen) atoms. The Hall–Kier alpha value is -1.35. The summed E-state index contributed by atoms with van der Waals surface area (Å²) in [5.74, 6) is 0.445. The van der Waals surface area contributed by atoms with Crippen LogP contribution in [0.4, 0.5) is 5.69 Å². The van der Waals surface area contributed by atoms with E-state index in [0.29, 0.717) is 0 Å². The van der Waals surface area contributed by atoms with Gasteiger partial charge in [0.15, 0.2) is 0 Å². The third-order valence-corrected chi connectivity index (χ3v) is 4.18. The van der Waals surface area contributed by atoms with Gasteiger partial charge in [-0.15, -0.1) is 0 Å². The highest BCUT2D eigenvalue weighted by atomic mass is 16.2. The summed E-state index contributed by atoms with van der Waals surface area (Å²) in [6, 6.07) is 8.13. The van der Waals surface area contributed by atoms with Crippen molar-refractivity contribution in [2.45, 2.75) is 52.0 Å². The summed E-state index contributed by atoms with van der Waals surface area (Å²) in [6.45, 7) is 5.05. The van der Waals surface area contributed by atoms with Crippen molar-refractivity contribution < 1.29 is 4.79 Å². The van der Waals surface area contributed by atoms with Crippen molar-refractivity contribution in [2.24, 2.45) is 11.7 Å². The third-order valence-electron chi connectivity index (χ3n) is 4.18. The van der Waals surface area contributed by atoms with Gasteiger partial charge in [-0.05, 0) is 30.9 Å². The number of anilines is 1. The fourth-order valence-corrected chi connectivity index (χ4v) is 3.13. The van der Waals surface area contributed by atoms with E-state index in [1.807, 2.05) is 29.2 Å². The van der Waals surface area contributed by atoms with E-state index >= 15 is 0 Å². The van der Waals surface area contributed by atoms with Crippen molar-refractivity contribution in [2.75, 3.05) is 11.4 Å². The minimum Gasteiger partial charge on any atom is -0.324 e. The molecule has 110 valence electrons. The molecule has 1 atom stereocenters. The Labute approximate surface area is 122 Å². The van der Waals surface area contributed by atoms with E-state index in [-0.39, 0.29) is 17.9 Å². The first-order valence-corrected chi connectivity index (χ1v) is 7.84. The number of hydrogen-bond acceptors (Lipinski definition) is 2. The Balaban J connectivity index is 2.24. The predicted octanol–water partition coefficient (Wildman–Crippen LogP) is 3.64. The lowest BCUT2D eigenvalue weighted by atomic mass is 9.92. The highest BCUT2D eigenvalue weighted by Gasteiger charge is 2.30. The Kier molecular flexibility index (Phi) is 5.18. The van der Waals surface area contributed by atoms with Gasteiger partial charge in [0, 0.05) is 24.2 Å². The summed E-state index contributed by atoms with van der Waals surface area (Å²) in [6.07, 6.45) is 4.94. The van der Waals surface area contributed by atoms with Crippen molar-refractivity contribution in [3.63, 3.8) is 0 Å². The quantitative estimate of drug-likeness (QED) is 0.891. The van der Waals surface area contributed by atoms with E-state index < -0.39 is 0 Å². The molecule has 1 amide bonds. The summed E-state index contributed by atoms with van der Waals surface area (Å²) in [4.78, 5) is 14.8. The van der Waals surface area contributed by atoms with Gasteiger partial charge in [-0.1, -0.05) is 44.9 Å². The van der Waals surface area contributed by atoms with Crippen molar-refractivity contribution >= 4 is 11.6 Å². The Morgan fingerprint density at radius 2 is 1.95 bits per heavy atom. The Bertz CT molecular complexity index is 452. The van der Waals surface area contributed by atoms with Gasteiger partial charge < -0.3 is 10.6 Å². The summed E-state index contributed by atoms with van der Waals surface area (Å²) in [7, 11) is 0. The summed E-state index contributed by atoms with van der Waals surface area (Å²) in [5, 5.41) is 0. The number of carbonyl (C=O) groups excluding carboxylic acids is 1. The summed E-state index contributed by atoms with van der Waals surface area (Å²) in [5.41, 5.74) is 8.30. The van der Waals surface area contributed by atoms with E-state index in [0.717, 1.165) is 49.9 Å². The van der Waals surface area contributed by atoms with Gasteiger partial charge in [0.1, 0.15) is 0 Å². The number of amides is 1. The number of benzene rings is 1. The number of fused-ring (bicyclic) bond motifs is 1. The van der Waals surface area contributed by atoms with Gasteiger partial charge in [-0.25, -0.2) is 0 Å². The minimum atomic E-state index is 0.0612. The fraction of sp³-hybridized carbons (Fsp3) is 0.588. The van der Waals surface area contributed by atoms with Crippen molar-refractivity contribution in [3.05, 3.63) is 29.8 Å². The van der Waals surface area contributed by atoms with Gasteiger partial charge in [-0.2, -0.15) is 0 Å². The van der Waals surface area contributed by atoms with E-state index in [2.05, 4.69) is 13.8 Å². The molecule has 2 N–H and O–H groups in total. The molecule has 0 aliphatic carbocycles. The smallest absolute Gasteiger partial charge is 0.230 e. The molecule has 1 unspecified atom stereocenters. The van der Waals surface area contributed by atoms with Crippen LogP contribution in [0.2, 0.25) is 0 Å². The molecule has 1 aliphatic heterocycles. The Morgan fingerprint density at radius 3 is 2.60 bits per heavy atom. The molecular formula is C17H26N2O. The van der Waals surface area contributed by atoms with Crippen LogP contribution in [0.25, 0.3) is 0 Å². The first-order valence-electron chi connectivity index (χ1n) is 7.84. The lowest BCUT2D eigenvalue weighted by Gasteiger charge is -2.35. The molecule has 0 bridgehead atoms. The zero-order valence-electron chi connectivity index (χ0n) is 12.6. The molecule has 3 heteroatoms. The number of nitrogens with zero attached hydrogens (tertiary/aromatic N) is 1. The standard InChI is InChI=1S/C17H26N2O/c1-3-7-13(8-4-2)17(20)19-12-11-15(18)14-9-5-6-10-16(14)19/h5-6,9-10,13,15H,3-4,7-8,11-12,18H2,1-2H3. The molecule has 0 fully saturated rings. The predicted molar refractivity (Wildman–Crippen MR) is 83.6 cm³/mol. The lowest BCUT2D eigenvalue weighted by Crippen LogP contribution is -2.41. The average Bonchev–Trinajstić information content (AvgIpc) is 2.47. The number of carbonyl (C=O) groups is 1. The second-order valence-corrected chi connectivity index (χ2v) is 5.72. The largest absolute Gasteiger partial charge is 0.324 e. The van der Waals surface area contributed by atoms with E-state index in [1.54, 1.807) is 0 Å². The number of nitrogens with two attached hydrogens (primary N) is 1. The third kappa shape index (κ3) is 3.04. The molecule has 0 saturated carbocycles. The fourth-order valence-electron chi connectivity index (χ4n) is 3.13. The maximum atomic E-state index is 12.8. The molecule has 0 radical (unpaired) electrons. The van der Waals surface area contributed by atoms with E-state index in [1.165, 1.54) is 0 Å². The highest BCUT2D eigenvalue weighted by Crippen LogP contribution is 2.34. The van der Waals surface area contributed by atoms with E-state index in [9.17, 15) is 4.79 Å². The van der Waals surface area contributed by atoms with Crippen LogP contribution >= 0.6 is 0 Å². The van der Waals surface area contributed by atoms with Crippen molar-refractivity contribution in [1.82, 2.24) is 0 Å². The van der Waals surface area contributed by atoms with Gasteiger partial charge in [0.25, 0.3) is 0 Å². The van der Waals surface area contributed by atoms with Crippen molar-refractivity contribution in [3.8, 4) is 0 Å².